The molecule has 0 aliphatic heterocycles. The Kier molecular flexibility index (Phi) is 6.91. The number of nitrogens with zero attached hydrogens (tertiary/aromatic N) is 3. The fourth-order valence-electron chi connectivity index (χ4n) is 6.13. The number of hydrogen-bond acceptors (Lipinski definition) is 7. The molecule has 6 aromatic rings. The van der Waals surface area contributed by atoms with Crippen LogP contribution >= 0.6 is 11.3 Å². The van der Waals surface area contributed by atoms with Crippen LogP contribution in [0.1, 0.15) is 65.8 Å². The second kappa shape index (κ2) is 11.0. The minimum Gasteiger partial charge on any atom is -0.508 e. The van der Waals surface area contributed by atoms with Crippen LogP contribution in [0.4, 0.5) is 5.13 Å². The Balaban J connectivity index is 1.22. The molecule has 214 valence electrons. The predicted molar refractivity (Wildman–Crippen MR) is 165 cm³/mol. The number of thiazole rings is 1. The second-order valence-corrected chi connectivity index (χ2v) is 11.8. The van der Waals surface area contributed by atoms with Gasteiger partial charge in [-0.3, -0.25) is 4.79 Å². The number of fused-ring (bicyclic) bond motifs is 2. The Bertz CT molecular complexity index is 1860. The van der Waals surface area contributed by atoms with Gasteiger partial charge in [-0.2, -0.15) is 0 Å². The van der Waals surface area contributed by atoms with E-state index in [1.807, 2.05) is 49.0 Å². The number of hydrogen-bond donors (Lipinski definition) is 4. The molecular weight excluding hydrogens is 548 g/mol. The van der Waals surface area contributed by atoms with Gasteiger partial charge in [0.25, 0.3) is 5.91 Å². The first kappa shape index (κ1) is 26.3. The number of phenols is 1. The maximum Gasteiger partial charge on any atom is 0.251 e. The van der Waals surface area contributed by atoms with E-state index >= 15 is 0 Å². The Morgan fingerprint density at radius 2 is 2.05 bits per heavy atom. The zero-order valence-electron chi connectivity index (χ0n) is 23.3. The van der Waals surface area contributed by atoms with Gasteiger partial charge in [0.2, 0.25) is 0 Å². The molecule has 0 bridgehead atoms. The minimum absolute atomic E-state index is 0.194. The average Bonchev–Trinajstić information content (AvgIpc) is 3.83. The van der Waals surface area contributed by atoms with Crippen molar-refractivity contribution in [2.45, 2.75) is 50.6 Å². The van der Waals surface area contributed by atoms with Gasteiger partial charge < -0.3 is 29.7 Å². The molecule has 1 fully saturated rings. The van der Waals surface area contributed by atoms with Crippen molar-refractivity contribution in [3.8, 4) is 17.1 Å². The number of nitrogens with one attached hydrogen (secondary N) is 3. The van der Waals surface area contributed by atoms with Gasteiger partial charge in [-0.05, 0) is 60.9 Å². The molecule has 7 rings (SSSR count). The fraction of sp³-hybridized carbons (Fsp3) is 0.281. The molecule has 1 amide bonds. The molecule has 1 aliphatic carbocycles. The van der Waals surface area contributed by atoms with Gasteiger partial charge in [-0.1, -0.05) is 19.3 Å². The molecule has 4 heterocycles. The van der Waals surface area contributed by atoms with E-state index in [-0.39, 0.29) is 17.7 Å². The van der Waals surface area contributed by atoms with Crippen molar-refractivity contribution in [3.05, 3.63) is 83.4 Å². The van der Waals surface area contributed by atoms with Gasteiger partial charge in [0.15, 0.2) is 5.13 Å². The van der Waals surface area contributed by atoms with Crippen molar-refractivity contribution in [2.75, 3.05) is 12.4 Å². The van der Waals surface area contributed by atoms with Crippen molar-refractivity contribution in [1.29, 1.82) is 0 Å². The van der Waals surface area contributed by atoms with E-state index in [9.17, 15) is 9.90 Å². The summed E-state index contributed by atoms with van der Waals surface area (Å²) in [5.74, 6) is 0.886. The summed E-state index contributed by atoms with van der Waals surface area (Å²) in [5.41, 5.74) is 5.99. The largest absolute Gasteiger partial charge is 0.508 e. The predicted octanol–water partition coefficient (Wildman–Crippen LogP) is 7.20. The van der Waals surface area contributed by atoms with Crippen LogP contribution in [0.2, 0.25) is 0 Å². The highest BCUT2D eigenvalue weighted by Crippen LogP contribution is 2.36. The molecular formula is C32H32N6O3S. The molecule has 1 aliphatic rings. The third kappa shape index (κ3) is 4.92. The highest BCUT2D eigenvalue weighted by atomic mass is 32.1. The number of rotatable bonds is 8. The number of carbonyl (C=O) groups excluding carboxylic acids is 1. The number of aromatic hydroxyl groups is 1. The van der Waals surface area contributed by atoms with Gasteiger partial charge in [-0.15, -0.1) is 11.3 Å². The zero-order chi connectivity index (χ0) is 28.6. The van der Waals surface area contributed by atoms with Crippen LogP contribution in [0.25, 0.3) is 33.3 Å². The normalized spacial score (nSPS) is 14.9. The van der Waals surface area contributed by atoms with E-state index in [0.29, 0.717) is 18.0 Å². The first-order valence-corrected chi connectivity index (χ1v) is 15.2. The van der Waals surface area contributed by atoms with E-state index < -0.39 is 0 Å². The number of H-pyrrole nitrogens is 1. The lowest BCUT2D eigenvalue weighted by Crippen LogP contribution is -2.30. The lowest BCUT2D eigenvalue weighted by molar-refractivity contribution is 0.0936. The summed E-state index contributed by atoms with van der Waals surface area (Å²) in [5, 5.41) is 20.1. The Hall–Kier alpha value is -4.57. The number of furan rings is 1. The van der Waals surface area contributed by atoms with E-state index in [4.69, 9.17) is 14.4 Å². The van der Waals surface area contributed by atoms with Crippen molar-refractivity contribution in [3.63, 3.8) is 0 Å². The van der Waals surface area contributed by atoms with Crippen LogP contribution < -0.4 is 10.6 Å². The van der Waals surface area contributed by atoms with Gasteiger partial charge in [-0.25, -0.2) is 9.97 Å². The molecule has 1 atom stereocenters. The van der Waals surface area contributed by atoms with Crippen molar-refractivity contribution in [2.24, 2.45) is 0 Å². The molecule has 0 unspecified atom stereocenters. The number of benzene rings is 2. The second-order valence-electron chi connectivity index (χ2n) is 10.9. The lowest BCUT2D eigenvalue weighted by Gasteiger charge is -2.25. The molecule has 1 saturated carbocycles. The molecule has 9 nitrogen and oxygen atoms in total. The van der Waals surface area contributed by atoms with Crippen LogP contribution in [-0.4, -0.2) is 37.6 Å². The monoisotopic (exact) mass is 580 g/mol. The van der Waals surface area contributed by atoms with Crippen LogP contribution in [-0.2, 0) is 6.42 Å². The summed E-state index contributed by atoms with van der Waals surface area (Å²) in [4.78, 5) is 26.7. The summed E-state index contributed by atoms with van der Waals surface area (Å²) in [7, 11) is 1.83. The number of aromatic amines is 1. The summed E-state index contributed by atoms with van der Waals surface area (Å²) in [6.45, 7) is 0. The van der Waals surface area contributed by atoms with E-state index in [2.05, 4.69) is 20.2 Å². The van der Waals surface area contributed by atoms with Crippen LogP contribution in [0, 0.1) is 0 Å². The summed E-state index contributed by atoms with van der Waals surface area (Å²) >= 11 is 1.50. The summed E-state index contributed by atoms with van der Waals surface area (Å²) in [6.07, 6.45) is 11.8. The number of aromatic nitrogens is 4. The quantitative estimate of drug-likeness (QED) is 0.151. The third-order valence-electron chi connectivity index (χ3n) is 8.24. The lowest BCUT2D eigenvalue weighted by atomic mass is 9.95. The first-order valence-electron chi connectivity index (χ1n) is 14.3. The topological polar surface area (TPSA) is 121 Å². The number of carbonyl (C=O) groups is 1. The van der Waals surface area contributed by atoms with Crippen LogP contribution in [0.3, 0.4) is 0 Å². The highest BCUT2D eigenvalue weighted by Gasteiger charge is 2.25. The van der Waals surface area contributed by atoms with Gasteiger partial charge in [0, 0.05) is 47.6 Å². The maximum absolute atomic E-state index is 13.8. The molecule has 4 N–H and O–H groups in total. The van der Waals surface area contributed by atoms with E-state index in [0.717, 1.165) is 62.6 Å². The fourth-order valence-corrected chi connectivity index (χ4v) is 6.86. The molecule has 2 aromatic carbocycles. The molecule has 0 saturated heterocycles. The Morgan fingerprint density at radius 3 is 2.83 bits per heavy atom. The Labute approximate surface area is 246 Å². The minimum atomic E-state index is -0.380. The number of imidazole rings is 1. The summed E-state index contributed by atoms with van der Waals surface area (Å²) in [6, 6.07) is 13.0. The van der Waals surface area contributed by atoms with E-state index in [1.165, 1.54) is 30.6 Å². The standard InChI is InChI=1S/C32H32N6O3S/c1-33-32-37-28(18-42-32)26(14-21-16-34-25-9-8-23(39)15-24(21)25)36-31(40)19-7-10-29-27(13-19)35-30(20-11-12-41-17-20)38(29)22-5-3-2-4-6-22/h7-13,15-18,22,26,34,39H,2-6,14H2,1H3,(H,33,37)(H,36,40)/t26-/m0/s1. The molecule has 0 radical (unpaired) electrons. The number of anilines is 1. The van der Waals surface area contributed by atoms with Gasteiger partial charge in [0.1, 0.15) is 17.8 Å². The van der Waals surface area contributed by atoms with Crippen molar-refractivity contribution in [1.82, 2.24) is 24.8 Å². The molecule has 0 spiro atoms. The molecule has 10 heteroatoms. The summed E-state index contributed by atoms with van der Waals surface area (Å²) < 4.78 is 7.74. The third-order valence-corrected chi connectivity index (χ3v) is 9.12. The van der Waals surface area contributed by atoms with E-state index in [1.54, 1.807) is 24.7 Å². The molecule has 42 heavy (non-hydrogen) atoms. The van der Waals surface area contributed by atoms with Crippen LogP contribution in [0.15, 0.2) is 71.0 Å². The zero-order valence-corrected chi connectivity index (χ0v) is 24.1. The van der Waals surface area contributed by atoms with Crippen molar-refractivity contribution >= 4 is 44.3 Å². The van der Waals surface area contributed by atoms with Crippen LogP contribution in [0.5, 0.6) is 5.75 Å². The molecule has 4 aromatic heterocycles. The number of amides is 1. The highest BCUT2D eigenvalue weighted by molar-refractivity contribution is 7.13. The Morgan fingerprint density at radius 1 is 1.17 bits per heavy atom. The van der Waals surface area contributed by atoms with Gasteiger partial charge >= 0.3 is 0 Å². The van der Waals surface area contributed by atoms with Crippen molar-refractivity contribution < 1.29 is 14.3 Å². The average molecular weight is 581 g/mol. The SMILES string of the molecule is CNc1nc([C@H](Cc2c[nH]c3ccc(O)cc23)NC(=O)c2ccc3c(c2)nc(-c2ccoc2)n3C2CCCCC2)cs1. The van der Waals surface area contributed by atoms with Gasteiger partial charge in [0.05, 0.1) is 34.6 Å². The first-order chi connectivity index (χ1) is 20.6. The smallest absolute Gasteiger partial charge is 0.251 e. The maximum atomic E-state index is 13.8. The number of phenolic OH excluding ortho intramolecular Hbond substituents is 1.